The van der Waals surface area contributed by atoms with Crippen LogP contribution in [0.1, 0.15) is 56.6 Å². The number of fused-ring (bicyclic) bond motifs is 2. The number of carbonyl (C=O) groups is 2. The Kier molecular flexibility index (Phi) is 10.9. The van der Waals surface area contributed by atoms with Gasteiger partial charge in [0.1, 0.15) is 11.5 Å². The molecule has 12 heteroatoms. The van der Waals surface area contributed by atoms with E-state index < -0.39 is 55.3 Å². The Balaban J connectivity index is 1.29. The number of piperidine rings is 2. The molecule has 2 N–H and O–H groups in total. The molecule has 0 radical (unpaired) electrons. The van der Waals surface area contributed by atoms with Crippen molar-refractivity contribution < 1.29 is 36.6 Å². The number of nitrogens with zero attached hydrogens (tertiary/aromatic N) is 3. The molecular weight excluding hydrogens is 667 g/mol. The summed E-state index contributed by atoms with van der Waals surface area (Å²) in [5.41, 5.74) is 0.383. The van der Waals surface area contributed by atoms with Crippen LogP contribution in [0.4, 0.5) is 22.0 Å². The second-order valence-electron chi connectivity index (χ2n) is 13.9. The van der Waals surface area contributed by atoms with Crippen molar-refractivity contribution in [3.63, 3.8) is 0 Å². The molecule has 0 unspecified atom stereocenters. The van der Waals surface area contributed by atoms with Crippen LogP contribution in [0, 0.1) is 5.41 Å². The summed E-state index contributed by atoms with van der Waals surface area (Å²) in [7, 11) is 0. The van der Waals surface area contributed by atoms with Gasteiger partial charge in [0, 0.05) is 36.2 Å². The predicted molar refractivity (Wildman–Crippen MR) is 186 cm³/mol. The average molecular weight is 711 g/mol. The van der Waals surface area contributed by atoms with Crippen LogP contribution in [0.5, 0.6) is 0 Å². The SMILES string of the molecule is CC[C@@H]1CCCCN1Cc1cnc(-c2cccc3c(C[C@H](NC(=O)C4(C(F)(F)F)CCN(CC(F)F)CC4)C(=O)O)cccc23)c2ccccc12. The van der Waals surface area contributed by atoms with Crippen molar-refractivity contribution in [2.24, 2.45) is 5.41 Å². The van der Waals surface area contributed by atoms with Gasteiger partial charge >= 0.3 is 12.1 Å². The third-order valence-corrected chi connectivity index (χ3v) is 10.8. The van der Waals surface area contributed by atoms with Gasteiger partial charge in [-0.25, -0.2) is 13.6 Å². The predicted octanol–water partition coefficient (Wildman–Crippen LogP) is 7.84. The quantitative estimate of drug-likeness (QED) is 0.154. The Morgan fingerprint density at radius 3 is 2.27 bits per heavy atom. The third kappa shape index (κ3) is 7.58. The summed E-state index contributed by atoms with van der Waals surface area (Å²) < 4.78 is 69.1. The van der Waals surface area contributed by atoms with Crippen molar-refractivity contribution in [2.75, 3.05) is 26.2 Å². The van der Waals surface area contributed by atoms with Crippen molar-refractivity contribution >= 4 is 33.4 Å². The minimum Gasteiger partial charge on any atom is -0.480 e. The van der Waals surface area contributed by atoms with Crippen molar-refractivity contribution in [1.82, 2.24) is 20.1 Å². The van der Waals surface area contributed by atoms with E-state index in [1.165, 1.54) is 24.2 Å². The number of hydrogen-bond acceptors (Lipinski definition) is 5. The van der Waals surface area contributed by atoms with Crippen LogP contribution >= 0.6 is 0 Å². The van der Waals surface area contributed by atoms with Gasteiger partial charge < -0.3 is 10.4 Å². The zero-order chi connectivity index (χ0) is 36.3. The Bertz CT molecular complexity index is 1880. The van der Waals surface area contributed by atoms with Gasteiger partial charge in [0.05, 0.1) is 12.2 Å². The highest BCUT2D eigenvalue weighted by Gasteiger charge is 2.61. The van der Waals surface area contributed by atoms with E-state index in [1.54, 1.807) is 12.1 Å². The van der Waals surface area contributed by atoms with E-state index in [9.17, 15) is 36.6 Å². The lowest BCUT2D eigenvalue weighted by Crippen LogP contribution is -2.59. The van der Waals surface area contributed by atoms with Gasteiger partial charge in [-0.1, -0.05) is 74.0 Å². The van der Waals surface area contributed by atoms with Gasteiger partial charge in [0.2, 0.25) is 5.91 Å². The number of carboxylic acid groups (broad SMARTS) is 1. The molecule has 6 rings (SSSR count). The molecule has 2 atom stereocenters. The molecule has 1 aromatic heterocycles. The van der Waals surface area contributed by atoms with E-state index in [2.05, 4.69) is 23.2 Å². The van der Waals surface area contributed by atoms with Crippen LogP contribution in [-0.2, 0) is 22.6 Å². The van der Waals surface area contributed by atoms with Crippen molar-refractivity contribution in [2.45, 2.75) is 83.1 Å². The molecule has 1 amide bonds. The van der Waals surface area contributed by atoms with Crippen LogP contribution in [0.2, 0.25) is 0 Å². The summed E-state index contributed by atoms with van der Waals surface area (Å²) in [6.07, 6.45) is -2.82. The number of alkyl halides is 5. The summed E-state index contributed by atoms with van der Waals surface area (Å²) in [6.45, 7) is 2.68. The van der Waals surface area contributed by atoms with Crippen molar-refractivity contribution in [3.8, 4) is 11.3 Å². The zero-order valence-corrected chi connectivity index (χ0v) is 28.6. The van der Waals surface area contributed by atoms with Gasteiger partial charge in [-0.15, -0.1) is 0 Å². The summed E-state index contributed by atoms with van der Waals surface area (Å²) >= 11 is 0. The van der Waals surface area contributed by atoms with Gasteiger partial charge in [0.25, 0.3) is 6.43 Å². The number of likely N-dealkylation sites (tertiary alicyclic amines) is 2. The lowest BCUT2D eigenvalue weighted by atomic mass is 9.76. The van der Waals surface area contributed by atoms with Crippen LogP contribution < -0.4 is 5.32 Å². The number of halogens is 5. The standard InChI is InChI=1S/C39H43F5N4O3/c1-2-27-10-5-6-18-48(27)23-26-22-45-35(31-12-4-3-11-29(26)31)32-15-8-13-28-25(9-7-14-30(28)32)21-33(36(49)50)46-37(51)38(39(42,43)44)16-19-47(20-17-38)24-34(40)41/h3-4,7-9,11-15,22,27,33-34H,2,5-6,10,16-21,23-24H2,1H3,(H,46,51)(H,49,50)/t27-,33+/m1/s1. The van der Waals surface area contributed by atoms with Crippen LogP contribution in [0.25, 0.3) is 32.8 Å². The van der Waals surface area contributed by atoms with E-state index in [0.717, 1.165) is 52.5 Å². The number of amides is 1. The second-order valence-corrected chi connectivity index (χ2v) is 13.9. The molecule has 272 valence electrons. The molecule has 7 nitrogen and oxygen atoms in total. The van der Waals surface area contributed by atoms with Gasteiger partial charge in [-0.3, -0.25) is 19.6 Å². The monoisotopic (exact) mass is 710 g/mol. The summed E-state index contributed by atoms with van der Waals surface area (Å²) in [4.78, 5) is 34.5. The maximum Gasteiger partial charge on any atom is 0.403 e. The Labute approximate surface area is 293 Å². The molecule has 3 aromatic carbocycles. The number of benzene rings is 3. The number of aliphatic carboxylic acids is 1. The number of rotatable bonds is 11. The van der Waals surface area contributed by atoms with Crippen molar-refractivity contribution in [1.29, 1.82) is 0 Å². The first-order chi connectivity index (χ1) is 24.4. The molecule has 0 spiro atoms. The molecule has 51 heavy (non-hydrogen) atoms. The average Bonchev–Trinajstić information content (AvgIpc) is 3.11. The molecule has 4 aromatic rings. The van der Waals surface area contributed by atoms with Gasteiger partial charge in [0.15, 0.2) is 0 Å². The Hall–Kier alpha value is -4.16. The minimum absolute atomic E-state index is 0.269. The second kappa shape index (κ2) is 15.2. The molecule has 2 saturated heterocycles. The number of nitrogens with one attached hydrogen (secondary N) is 1. The molecule has 0 saturated carbocycles. The number of hydrogen-bond donors (Lipinski definition) is 2. The fraction of sp³-hybridized carbons (Fsp3) is 0.462. The number of aromatic nitrogens is 1. The molecule has 2 aliphatic rings. The highest BCUT2D eigenvalue weighted by atomic mass is 19.4. The number of carbonyl (C=O) groups excluding carboxylic acids is 1. The lowest BCUT2D eigenvalue weighted by molar-refractivity contribution is -0.233. The fourth-order valence-electron chi connectivity index (χ4n) is 7.97. The fourth-order valence-corrected chi connectivity index (χ4v) is 7.97. The number of carboxylic acids is 1. The Morgan fingerprint density at radius 1 is 0.922 bits per heavy atom. The van der Waals surface area contributed by atoms with E-state index in [0.29, 0.717) is 17.0 Å². The normalized spacial score (nSPS) is 19.4. The van der Waals surface area contributed by atoms with Crippen LogP contribution in [0.3, 0.4) is 0 Å². The van der Waals surface area contributed by atoms with E-state index in [4.69, 9.17) is 4.98 Å². The van der Waals surface area contributed by atoms with Gasteiger partial charge in [-0.05, 0) is 79.0 Å². The molecule has 0 bridgehead atoms. The molecular formula is C39H43F5N4O3. The number of pyridine rings is 1. The first kappa shape index (κ1) is 36.6. The van der Waals surface area contributed by atoms with Crippen molar-refractivity contribution in [3.05, 3.63) is 78.0 Å². The first-order valence-corrected chi connectivity index (χ1v) is 17.6. The molecule has 2 aliphatic heterocycles. The summed E-state index contributed by atoms with van der Waals surface area (Å²) in [5, 5.41) is 15.8. The van der Waals surface area contributed by atoms with E-state index >= 15 is 0 Å². The first-order valence-electron chi connectivity index (χ1n) is 17.6. The highest BCUT2D eigenvalue weighted by Crippen LogP contribution is 2.47. The lowest BCUT2D eigenvalue weighted by Gasteiger charge is -2.41. The van der Waals surface area contributed by atoms with Gasteiger partial charge in [-0.2, -0.15) is 13.2 Å². The molecule has 0 aliphatic carbocycles. The topological polar surface area (TPSA) is 85.8 Å². The van der Waals surface area contributed by atoms with E-state index in [1.807, 2.05) is 48.7 Å². The van der Waals surface area contributed by atoms with E-state index in [-0.39, 0.29) is 19.5 Å². The Morgan fingerprint density at radius 2 is 1.59 bits per heavy atom. The van der Waals surface area contributed by atoms with Crippen LogP contribution in [0.15, 0.2) is 66.9 Å². The third-order valence-electron chi connectivity index (χ3n) is 10.8. The van der Waals surface area contributed by atoms with Crippen LogP contribution in [-0.4, -0.2) is 82.6 Å². The zero-order valence-electron chi connectivity index (χ0n) is 28.6. The summed E-state index contributed by atoms with van der Waals surface area (Å²) in [5.74, 6) is -2.93. The minimum atomic E-state index is -5.00. The highest BCUT2D eigenvalue weighted by molar-refractivity contribution is 6.05. The molecule has 3 heterocycles. The maximum atomic E-state index is 14.4. The largest absolute Gasteiger partial charge is 0.480 e. The smallest absolute Gasteiger partial charge is 0.403 e. The molecule has 2 fully saturated rings. The maximum absolute atomic E-state index is 14.4. The summed E-state index contributed by atoms with van der Waals surface area (Å²) in [6, 6.07) is 18.0.